The lowest BCUT2D eigenvalue weighted by atomic mass is 10.0. The van der Waals surface area contributed by atoms with Crippen LogP contribution in [0, 0.1) is 5.82 Å². The average Bonchev–Trinajstić information content (AvgIpc) is 2.67. The Morgan fingerprint density at radius 2 is 2.10 bits per heavy atom. The highest BCUT2D eigenvalue weighted by atomic mass is 35.5. The Hall–Kier alpha value is -2.38. The van der Waals surface area contributed by atoms with Crippen molar-refractivity contribution in [3.8, 4) is 0 Å². The van der Waals surface area contributed by atoms with Gasteiger partial charge in [-0.15, -0.1) is 0 Å². The molecule has 2 heterocycles. The smallest absolute Gasteiger partial charge is 0.410 e. The Morgan fingerprint density at radius 1 is 1.33 bits per heavy atom. The van der Waals surface area contributed by atoms with Gasteiger partial charge in [0.25, 0.3) is 5.56 Å². The summed E-state index contributed by atoms with van der Waals surface area (Å²) in [5.74, 6) is -0.390. The summed E-state index contributed by atoms with van der Waals surface area (Å²) in [6, 6.07) is 7.60. The van der Waals surface area contributed by atoms with Crippen molar-refractivity contribution in [2.24, 2.45) is 0 Å². The van der Waals surface area contributed by atoms with Crippen molar-refractivity contribution in [3.63, 3.8) is 0 Å². The zero-order valence-corrected chi connectivity index (χ0v) is 18.2. The Bertz CT molecular complexity index is 971. The standard InChI is InChI=1S/C22H27ClFN3O3/c1-22(2,3)30-21(29)27-12-9-25-14-19(27)17-5-4-10-26(20(17)28)11-8-15-6-7-16(23)13-18(15)24/h4-7,10,13,19,25H,8-9,11-12,14H2,1-3H3. The Morgan fingerprint density at radius 3 is 2.80 bits per heavy atom. The van der Waals surface area contributed by atoms with Crippen LogP contribution >= 0.6 is 11.6 Å². The molecule has 30 heavy (non-hydrogen) atoms. The molecule has 0 radical (unpaired) electrons. The number of carbonyl (C=O) groups is 1. The summed E-state index contributed by atoms with van der Waals surface area (Å²) in [4.78, 5) is 27.4. The van der Waals surface area contributed by atoms with E-state index in [9.17, 15) is 14.0 Å². The second kappa shape index (κ2) is 9.18. The summed E-state index contributed by atoms with van der Waals surface area (Å²) in [5, 5.41) is 3.57. The van der Waals surface area contributed by atoms with Gasteiger partial charge >= 0.3 is 6.09 Å². The first-order valence-electron chi connectivity index (χ1n) is 9.99. The molecular formula is C22H27ClFN3O3. The molecule has 1 aromatic carbocycles. The lowest BCUT2D eigenvalue weighted by Crippen LogP contribution is -2.51. The zero-order chi connectivity index (χ0) is 21.9. The number of halogens is 2. The molecule has 2 aromatic rings. The number of amides is 1. The molecule has 162 valence electrons. The molecular weight excluding hydrogens is 409 g/mol. The van der Waals surface area contributed by atoms with Crippen molar-refractivity contribution in [1.29, 1.82) is 0 Å². The number of benzene rings is 1. The van der Waals surface area contributed by atoms with Gasteiger partial charge < -0.3 is 14.6 Å². The predicted molar refractivity (Wildman–Crippen MR) is 114 cm³/mol. The van der Waals surface area contributed by atoms with Gasteiger partial charge in [0.2, 0.25) is 0 Å². The van der Waals surface area contributed by atoms with E-state index < -0.39 is 17.7 Å². The molecule has 1 aliphatic heterocycles. The molecule has 1 atom stereocenters. The quantitative estimate of drug-likeness (QED) is 0.794. The van der Waals surface area contributed by atoms with Gasteiger partial charge in [0.05, 0.1) is 6.04 Å². The normalized spacial score (nSPS) is 17.1. The summed E-state index contributed by atoms with van der Waals surface area (Å²) >= 11 is 5.80. The molecule has 1 saturated heterocycles. The molecule has 1 N–H and O–H groups in total. The zero-order valence-electron chi connectivity index (χ0n) is 17.5. The number of rotatable bonds is 4. The van der Waals surface area contributed by atoms with Gasteiger partial charge in [-0.05, 0) is 57.0 Å². The van der Waals surface area contributed by atoms with E-state index in [-0.39, 0.29) is 11.4 Å². The molecule has 3 rings (SSSR count). The van der Waals surface area contributed by atoms with E-state index in [2.05, 4.69) is 5.32 Å². The fourth-order valence-corrected chi connectivity index (χ4v) is 3.63. The largest absolute Gasteiger partial charge is 0.444 e. The predicted octanol–water partition coefficient (Wildman–Crippen LogP) is 3.76. The van der Waals surface area contributed by atoms with Crippen molar-refractivity contribution in [3.05, 3.63) is 68.8 Å². The molecule has 1 fully saturated rings. The fourth-order valence-electron chi connectivity index (χ4n) is 3.47. The topological polar surface area (TPSA) is 63.6 Å². The van der Waals surface area contributed by atoms with Gasteiger partial charge in [0.15, 0.2) is 0 Å². The van der Waals surface area contributed by atoms with Crippen LogP contribution in [0.1, 0.15) is 37.9 Å². The Labute approximate surface area is 180 Å². The van der Waals surface area contributed by atoms with Gasteiger partial charge in [-0.2, -0.15) is 0 Å². The third kappa shape index (κ3) is 5.40. The maximum Gasteiger partial charge on any atom is 0.410 e. The number of aryl methyl sites for hydroxylation is 2. The fraction of sp³-hybridized carbons (Fsp3) is 0.455. The van der Waals surface area contributed by atoms with E-state index in [1.807, 2.05) is 20.8 Å². The van der Waals surface area contributed by atoms with Crippen LogP contribution in [0.5, 0.6) is 0 Å². The van der Waals surface area contributed by atoms with Gasteiger partial charge in [-0.25, -0.2) is 9.18 Å². The highest BCUT2D eigenvalue weighted by Crippen LogP contribution is 2.22. The summed E-state index contributed by atoms with van der Waals surface area (Å²) in [7, 11) is 0. The number of piperazine rings is 1. The number of hydrogen-bond donors (Lipinski definition) is 1. The maximum absolute atomic E-state index is 14.1. The molecule has 8 heteroatoms. The second-order valence-corrected chi connectivity index (χ2v) is 8.78. The van der Waals surface area contributed by atoms with Crippen LogP contribution in [0.25, 0.3) is 0 Å². The van der Waals surface area contributed by atoms with Crippen molar-refractivity contribution in [2.75, 3.05) is 19.6 Å². The van der Waals surface area contributed by atoms with Gasteiger partial charge in [-0.3, -0.25) is 9.69 Å². The van der Waals surface area contributed by atoms with Crippen LogP contribution in [-0.2, 0) is 17.7 Å². The van der Waals surface area contributed by atoms with Crippen molar-refractivity contribution < 1.29 is 13.9 Å². The van der Waals surface area contributed by atoms with Crippen LogP contribution in [-0.4, -0.2) is 40.8 Å². The SMILES string of the molecule is CC(C)(C)OC(=O)N1CCNCC1c1cccn(CCc2ccc(Cl)cc2F)c1=O. The summed E-state index contributed by atoms with van der Waals surface area (Å²) in [6.07, 6.45) is 1.59. The summed E-state index contributed by atoms with van der Waals surface area (Å²) in [6.45, 7) is 7.30. The van der Waals surface area contributed by atoms with Gasteiger partial charge in [0, 0.05) is 43.0 Å². The van der Waals surface area contributed by atoms with Crippen LogP contribution in [0.4, 0.5) is 9.18 Å². The van der Waals surface area contributed by atoms with Crippen LogP contribution < -0.4 is 10.9 Å². The van der Waals surface area contributed by atoms with E-state index in [1.54, 1.807) is 39.9 Å². The first-order valence-corrected chi connectivity index (χ1v) is 10.4. The molecule has 6 nitrogen and oxygen atoms in total. The lowest BCUT2D eigenvalue weighted by Gasteiger charge is -2.37. The minimum atomic E-state index is -0.619. The average molecular weight is 436 g/mol. The molecule has 1 aromatic heterocycles. The lowest BCUT2D eigenvalue weighted by molar-refractivity contribution is 0.0116. The molecule has 0 bridgehead atoms. The first-order chi connectivity index (χ1) is 14.2. The van der Waals surface area contributed by atoms with E-state index in [1.165, 1.54) is 6.07 Å². The Kier molecular flexibility index (Phi) is 6.83. The molecule has 1 unspecified atom stereocenters. The first kappa shape index (κ1) is 22.3. The van der Waals surface area contributed by atoms with Crippen LogP contribution in [0.15, 0.2) is 41.3 Å². The molecule has 0 saturated carbocycles. The highest BCUT2D eigenvalue weighted by molar-refractivity contribution is 6.30. The number of nitrogens with zero attached hydrogens (tertiary/aromatic N) is 2. The van der Waals surface area contributed by atoms with E-state index >= 15 is 0 Å². The van der Waals surface area contributed by atoms with E-state index in [4.69, 9.17) is 16.3 Å². The third-order valence-electron chi connectivity index (χ3n) is 4.92. The molecule has 0 spiro atoms. The Balaban J connectivity index is 1.81. The highest BCUT2D eigenvalue weighted by Gasteiger charge is 2.33. The summed E-state index contributed by atoms with van der Waals surface area (Å²) < 4.78 is 21.1. The molecule has 1 amide bonds. The van der Waals surface area contributed by atoms with E-state index in [0.29, 0.717) is 48.7 Å². The van der Waals surface area contributed by atoms with Gasteiger partial charge in [-0.1, -0.05) is 17.7 Å². The minimum absolute atomic E-state index is 0.200. The second-order valence-electron chi connectivity index (χ2n) is 8.34. The maximum atomic E-state index is 14.1. The minimum Gasteiger partial charge on any atom is -0.444 e. The van der Waals surface area contributed by atoms with Crippen molar-refractivity contribution in [1.82, 2.24) is 14.8 Å². The molecule has 1 aliphatic rings. The van der Waals surface area contributed by atoms with Crippen molar-refractivity contribution in [2.45, 2.75) is 45.4 Å². The van der Waals surface area contributed by atoms with Crippen LogP contribution in [0.2, 0.25) is 5.02 Å². The number of hydrogen-bond acceptors (Lipinski definition) is 4. The number of nitrogens with one attached hydrogen (secondary N) is 1. The van der Waals surface area contributed by atoms with E-state index in [0.717, 1.165) is 0 Å². The van der Waals surface area contributed by atoms with Gasteiger partial charge in [0.1, 0.15) is 11.4 Å². The number of carbonyl (C=O) groups excluding carboxylic acids is 1. The number of pyridine rings is 1. The van der Waals surface area contributed by atoms with Crippen molar-refractivity contribution >= 4 is 17.7 Å². The third-order valence-corrected chi connectivity index (χ3v) is 5.15. The van der Waals surface area contributed by atoms with Crippen LogP contribution in [0.3, 0.4) is 0 Å². The monoisotopic (exact) mass is 435 g/mol. The number of aromatic nitrogens is 1. The number of ether oxygens (including phenoxy) is 1. The summed E-state index contributed by atoms with van der Waals surface area (Å²) in [5.41, 5.74) is 0.180. The molecule has 0 aliphatic carbocycles.